The fraction of sp³-hybridized carbons (Fsp3) is 0.318. The first-order valence-electron chi connectivity index (χ1n) is 9.93. The Kier molecular flexibility index (Phi) is 6.23. The maximum absolute atomic E-state index is 12.8. The van der Waals surface area contributed by atoms with Gasteiger partial charge in [-0.05, 0) is 31.2 Å². The minimum absolute atomic E-state index is 0.130. The predicted molar refractivity (Wildman–Crippen MR) is 119 cm³/mol. The van der Waals surface area contributed by atoms with E-state index in [4.69, 9.17) is 4.74 Å². The monoisotopic (exact) mass is 423 g/mol. The number of piperazine rings is 1. The molecule has 0 radical (unpaired) electrons. The molecule has 0 unspecified atom stereocenters. The highest BCUT2D eigenvalue weighted by atomic mass is 32.2. The Balaban J connectivity index is 1.34. The van der Waals surface area contributed by atoms with E-state index in [-0.39, 0.29) is 5.91 Å². The van der Waals surface area contributed by atoms with Crippen molar-refractivity contribution in [2.45, 2.75) is 12.1 Å². The molecule has 3 aromatic rings. The second-order valence-corrected chi connectivity index (χ2v) is 8.00. The van der Waals surface area contributed by atoms with Crippen LogP contribution in [-0.4, -0.2) is 64.6 Å². The molecular formula is C22H25N5O2S. The second kappa shape index (κ2) is 9.21. The molecule has 1 amide bonds. The fourth-order valence-electron chi connectivity index (χ4n) is 3.55. The molecule has 0 spiro atoms. The fourth-order valence-corrected chi connectivity index (χ4v) is 4.45. The Morgan fingerprint density at radius 2 is 1.73 bits per heavy atom. The summed E-state index contributed by atoms with van der Waals surface area (Å²) in [5.41, 5.74) is 2.13. The zero-order chi connectivity index (χ0) is 20.9. The maximum atomic E-state index is 12.8. The number of benzene rings is 2. The largest absolute Gasteiger partial charge is 0.497 e. The topological polar surface area (TPSA) is 63.5 Å². The Hall–Kier alpha value is -3.00. The van der Waals surface area contributed by atoms with Crippen LogP contribution < -0.4 is 9.64 Å². The number of hydrogen-bond acceptors (Lipinski definition) is 6. The summed E-state index contributed by atoms with van der Waals surface area (Å²) < 4.78 is 7.30. The first-order chi connectivity index (χ1) is 14.7. The molecule has 2 heterocycles. The van der Waals surface area contributed by atoms with Crippen molar-refractivity contribution in [3.63, 3.8) is 0 Å². The molecule has 4 rings (SSSR count). The third-order valence-corrected chi connectivity index (χ3v) is 6.10. The maximum Gasteiger partial charge on any atom is 0.233 e. The molecule has 8 heteroatoms. The molecule has 1 saturated heterocycles. The van der Waals surface area contributed by atoms with Crippen LogP contribution in [0, 0.1) is 6.92 Å². The number of anilines is 1. The van der Waals surface area contributed by atoms with Crippen molar-refractivity contribution < 1.29 is 9.53 Å². The van der Waals surface area contributed by atoms with E-state index in [9.17, 15) is 4.79 Å². The third-order valence-electron chi connectivity index (χ3n) is 5.19. The number of thioether (sulfide) groups is 1. The number of methoxy groups -OCH3 is 1. The SMILES string of the molecule is COc1cccc(N2CCN(C(=O)CSc3nnc(C)n3-c3ccccc3)CC2)c1. The van der Waals surface area contributed by atoms with E-state index in [1.54, 1.807) is 7.11 Å². The van der Waals surface area contributed by atoms with Gasteiger partial charge in [0, 0.05) is 43.6 Å². The standard InChI is InChI=1S/C22H25N5O2S/c1-17-23-24-22(27(17)18-7-4-3-5-8-18)30-16-21(28)26-13-11-25(12-14-26)19-9-6-10-20(15-19)29-2/h3-10,15H,11-14,16H2,1-2H3. The van der Waals surface area contributed by atoms with Crippen LogP contribution in [0.1, 0.15) is 5.82 Å². The van der Waals surface area contributed by atoms with Crippen LogP contribution in [0.4, 0.5) is 5.69 Å². The third kappa shape index (κ3) is 4.43. The van der Waals surface area contributed by atoms with Gasteiger partial charge in [0.15, 0.2) is 5.16 Å². The lowest BCUT2D eigenvalue weighted by Crippen LogP contribution is -2.49. The lowest BCUT2D eigenvalue weighted by molar-refractivity contribution is -0.128. The van der Waals surface area contributed by atoms with Gasteiger partial charge in [-0.3, -0.25) is 9.36 Å². The normalized spacial score (nSPS) is 14.1. The van der Waals surface area contributed by atoms with Crippen molar-refractivity contribution in [2.24, 2.45) is 0 Å². The molecule has 0 atom stereocenters. The molecule has 156 valence electrons. The van der Waals surface area contributed by atoms with Crippen molar-refractivity contribution in [2.75, 3.05) is 43.9 Å². The number of nitrogens with zero attached hydrogens (tertiary/aromatic N) is 5. The molecule has 0 aliphatic carbocycles. The minimum Gasteiger partial charge on any atom is -0.497 e. The number of hydrogen-bond donors (Lipinski definition) is 0. The van der Waals surface area contributed by atoms with Gasteiger partial charge >= 0.3 is 0 Å². The van der Waals surface area contributed by atoms with E-state index in [1.165, 1.54) is 11.8 Å². The summed E-state index contributed by atoms with van der Waals surface area (Å²) in [5.74, 6) is 2.14. The van der Waals surface area contributed by atoms with Crippen LogP contribution in [0.5, 0.6) is 5.75 Å². The lowest BCUT2D eigenvalue weighted by Gasteiger charge is -2.36. The number of para-hydroxylation sites is 1. The molecular weight excluding hydrogens is 398 g/mol. The van der Waals surface area contributed by atoms with Gasteiger partial charge in [-0.2, -0.15) is 0 Å². The number of carbonyl (C=O) groups excluding carboxylic acids is 1. The number of aryl methyl sites for hydroxylation is 1. The van der Waals surface area contributed by atoms with Crippen molar-refractivity contribution in [3.05, 3.63) is 60.4 Å². The smallest absolute Gasteiger partial charge is 0.233 e. The second-order valence-electron chi connectivity index (χ2n) is 7.06. The van der Waals surface area contributed by atoms with Gasteiger partial charge in [0.05, 0.1) is 12.9 Å². The number of amides is 1. The van der Waals surface area contributed by atoms with Gasteiger partial charge in [0.2, 0.25) is 5.91 Å². The first-order valence-corrected chi connectivity index (χ1v) is 10.9. The Bertz CT molecular complexity index is 1000. The summed E-state index contributed by atoms with van der Waals surface area (Å²) >= 11 is 1.43. The average molecular weight is 424 g/mol. The summed E-state index contributed by atoms with van der Waals surface area (Å²) in [5, 5.41) is 9.19. The van der Waals surface area contributed by atoms with Crippen molar-refractivity contribution >= 4 is 23.4 Å². The summed E-state index contributed by atoms with van der Waals surface area (Å²) in [6.07, 6.45) is 0. The van der Waals surface area contributed by atoms with Crippen molar-refractivity contribution in [3.8, 4) is 11.4 Å². The van der Waals surface area contributed by atoms with Gasteiger partial charge in [-0.25, -0.2) is 0 Å². The van der Waals surface area contributed by atoms with Crippen LogP contribution in [0.3, 0.4) is 0 Å². The highest BCUT2D eigenvalue weighted by Gasteiger charge is 2.22. The van der Waals surface area contributed by atoms with E-state index >= 15 is 0 Å². The van der Waals surface area contributed by atoms with Gasteiger partial charge in [-0.1, -0.05) is 36.0 Å². The highest BCUT2D eigenvalue weighted by molar-refractivity contribution is 7.99. The van der Waals surface area contributed by atoms with Crippen LogP contribution in [0.15, 0.2) is 59.8 Å². The van der Waals surface area contributed by atoms with Crippen molar-refractivity contribution in [1.29, 1.82) is 0 Å². The molecule has 0 bridgehead atoms. The van der Waals surface area contributed by atoms with Crippen molar-refractivity contribution in [1.82, 2.24) is 19.7 Å². The van der Waals surface area contributed by atoms with Crippen LogP contribution in [0.2, 0.25) is 0 Å². The Labute approximate surface area is 180 Å². The Morgan fingerprint density at radius 1 is 1.00 bits per heavy atom. The van der Waals surface area contributed by atoms with Gasteiger partial charge in [-0.15, -0.1) is 10.2 Å². The molecule has 1 aliphatic heterocycles. The minimum atomic E-state index is 0.130. The summed E-state index contributed by atoms with van der Waals surface area (Å²) in [6, 6.07) is 18.0. The summed E-state index contributed by atoms with van der Waals surface area (Å²) in [6.45, 7) is 4.96. The van der Waals surface area contributed by atoms with E-state index in [2.05, 4.69) is 21.2 Å². The summed E-state index contributed by atoms with van der Waals surface area (Å²) in [4.78, 5) is 17.0. The van der Waals surface area contributed by atoms with Crippen LogP contribution in [-0.2, 0) is 4.79 Å². The van der Waals surface area contributed by atoms with Gasteiger partial charge in [0.25, 0.3) is 0 Å². The highest BCUT2D eigenvalue weighted by Crippen LogP contribution is 2.24. The zero-order valence-corrected chi connectivity index (χ0v) is 18.0. The van der Waals surface area contributed by atoms with E-state index in [0.717, 1.165) is 41.2 Å². The lowest BCUT2D eigenvalue weighted by atomic mass is 10.2. The molecule has 0 N–H and O–H groups in total. The molecule has 30 heavy (non-hydrogen) atoms. The predicted octanol–water partition coefficient (Wildman–Crippen LogP) is 3.03. The number of aromatic nitrogens is 3. The van der Waals surface area contributed by atoms with Gasteiger partial charge in [0.1, 0.15) is 11.6 Å². The first kappa shape index (κ1) is 20.3. The zero-order valence-electron chi connectivity index (χ0n) is 17.2. The average Bonchev–Trinajstić information content (AvgIpc) is 3.18. The Morgan fingerprint density at radius 3 is 2.47 bits per heavy atom. The van der Waals surface area contributed by atoms with Crippen LogP contribution >= 0.6 is 11.8 Å². The molecule has 1 aromatic heterocycles. The molecule has 7 nitrogen and oxygen atoms in total. The molecule has 1 aliphatic rings. The van der Waals surface area contributed by atoms with E-state index < -0.39 is 0 Å². The quantitative estimate of drug-likeness (QED) is 0.568. The number of carbonyl (C=O) groups is 1. The summed E-state index contributed by atoms with van der Waals surface area (Å²) in [7, 11) is 1.67. The number of ether oxygens (including phenoxy) is 1. The molecule has 2 aromatic carbocycles. The number of rotatable bonds is 6. The molecule has 1 fully saturated rings. The van der Waals surface area contributed by atoms with E-state index in [0.29, 0.717) is 18.8 Å². The van der Waals surface area contributed by atoms with E-state index in [1.807, 2.05) is 64.9 Å². The molecule has 0 saturated carbocycles. The van der Waals surface area contributed by atoms with Gasteiger partial charge < -0.3 is 14.5 Å². The van der Waals surface area contributed by atoms with Crippen LogP contribution in [0.25, 0.3) is 5.69 Å².